The Hall–Kier alpha value is -1.38. The fourth-order valence-corrected chi connectivity index (χ4v) is 2.36. The number of esters is 1. The monoisotopic (exact) mass is 437 g/mol. The summed E-state index contributed by atoms with van der Waals surface area (Å²) in [5.74, 6) is -1.07. The maximum atomic E-state index is 13.9. The summed E-state index contributed by atoms with van der Waals surface area (Å²) < 4.78 is 24.8. The molecule has 0 aliphatic rings. The van der Waals surface area contributed by atoms with E-state index < -0.39 is 29.5 Å². The first-order chi connectivity index (χ1) is 10.6. The predicted octanol–water partition coefficient (Wildman–Crippen LogP) is 3.43. The Morgan fingerprint density at radius 2 is 2.00 bits per heavy atom. The largest absolute Gasteiger partial charge is 0.464 e. The minimum absolute atomic E-state index is 0.0131. The topological polar surface area (TPSA) is 64.6 Å². The van der Waals surface area contributed by atoms with Crippen LogP contribution in [0.2, 0.25) is 0 Å². The second kappa shape index (κ2) is 8.47. The molecule has 1 N–H and O–H groups in total. The summed E-state index contributed by atoms with van der Waals surface area (Å²) in [5, 5.41) is 2.45. The van der Waals surface area contributed by atoms with Gasteiger partial charge in [0.1, 0.15) is 17.5 Å². The zero-order valence-corrected chi connectivity index (χ0v) is 15.8. The van der Waals surface area contributed by atoms with Crippen LogP contribution in [-0.4, -0.2) is 30.3 Å². The van der Waals surface area contributed by atoms with Crippen molar-refractivity contribution in [2.24, 2.45) is 0 Å². The first-order valence-corrected chi connectivity index (χ1v) is 8.30. The molecule has 0 aliphatic carbocycles. The molecule has 0 aliphatic heterocycles. The molecule has 1 unspecified atom stereocenters. The summed E-state index contributed by atoms with van der Waals surface area (Å²) in [4.78, 5) is 23.9. The Kier molecular flexibility index (Phi) is 7.24. The number of halogens is 2. The average Bonchev–Trinajstić information content (AvgIpc) is 2.40. The lowest BCUT2D eigenvalue weighted by Crippen LogP contribution is -2.45. The molecule has 0 radical (unpaired) electrons. The van der Waals surface area contributed by atoms with Gasteiger partial charge in [-0.25, -0.2) is 14.0 Å². The molecule has 5 nitrogen and oxygen atoms in total. The van der Waals surface area contributed by atoms with Crippen molar-refractivity contribution < 1.29 is 23.5 Å². The number of benzene rings is 1. The third-order valence-electron chi connectivity index (χ3n) is 2.69. The molecular formula is C16H21FINO4. The van der Waals surface area contributed by atoms with Crippen LogP contribution in [0.25, 0.3) is 0 Å². The molecular weight excluding hydrogens is 416 g/mol. The molecule has 0 bridgehead atoms. The normalized spacial score (nSPS) is 12.4. The van der Waals surface area contributed by atoms with E-state index >= 15 is 0 Å². The van der Waals surface area contributed by atoms with Gasteiger partial charge in [0.2, 0.25) is 0 Å². The fraction of sp³-hybridized carbons (Fsp3) is 0.500. The van der Waals surface area contributed by atoms with E-state index in [-0.39, 0.29) is 13.0 Å². The van der Waals surface area contributed by atoms with Crippen LogP contribution < -0.4 is 5.32 Å². The summed E-state index contributed by atoms with van der Waals surface area (Å²) in [7, 11) is 0. The van der Waals surface area contributed by atoms with Gasteiger partial charge in [-0.3, -0.25) is 0 Å². The lowest BCUT2D eigenvalue weighted by molar-refractivity contribution is -0.145. The second-order valence-electron chi connectivity index (χ2n) is 5.89. The van der Waals surface area contributed by atoms with Gasteiger partial charge in [-0.15, -0.1) is 0 Å². The number of carbonyl (C=O) groups is 2. The van der Waals surface area contributed by atoms with Crippen molar-refractivity contribution in [1.29, 1.82) is 0 Å². The minimum Gasteiger partial charge on any atom is -0.464 e. The number of ether oxygens (including phenoxy) is 2. The van der Waals surface area contributed by atoms with E-state index in [2.05, 4.69) is 27.9 Å². The Morgan fingerprint density at radius 1 is 1.35 bits per heavy atom. The molecule has 1 aromatic rings. The molecule has 1 rings (SSSR count). The molecule has 0 saturated heterocycles. The van der Waals surface area contributed by atoms with E-state index in [1.807, 2.05) is 0 Å². The number of rotatable bonds is 5. The highest BCUT2D eigenvalue weighted by molar-refractivity contribution is 14.1. The van der Waals surface area contributed by atoms with Gasteiger partial charge in [0.15, 0.2) is 0 Å². The van der Waals surface area contributed by atoms with Crippen molar-refractivity contribution in [3.05, 3.63) is 33.1 Å². The quantitative estimate of drug-likeness (QED) is 0.567. The molecule has 23 heavy (non-hydrogen) atoms. The van der Waals surface area contributed by atoms with Crippen LogP contribution in [0, 0.1) is 9.39 Å². The van der Waals surface area contributed by atoms with Gasteiger partial charge in [0, 0.05) is 9.99 Å². The van der Waals surface area contributed by atoms with E-state index in [1.165, 1.54) is 6.07 Å². The molecule has 7 heteroatoms. The summed E-state index contributed by atoms with van der Waals surface area (Å²) in [6.45, 7) is 6.97. The molecule has 0 saturated carbocycles. The molecule has 0 heterocycles. The van der Waals surface area contributed by atoms with Crippen LogP contribution in [0.3, 0.4) is 0 Å². The first-order valence-electron chi connectivity index (χ1n) is 7.22. The van der Waals surface area contributed by atoms with Crippen LogP contribution >= 0.6 is 22.6 Å². The summed E-state index contributed by atoms with van der Waals surface area (Å²) in [6, 6.07) is 3.56. The van der Waals surface area contributed by atoms with E-state index in [4.69, 9.17) is 9.47 Å². The third kappa shape index (κ3) is 7.15. The van der Waals surface area contributed by atoms with Gasteiger partial charge < -0.3 is 14.8 Å². The Bertz CT molecular complexity index is 572. The van der Waals surface area contributed by atoms with Crippen LogP contribution in [0.4, 0.5) is 9.18 Å². The number of carbonyl (C=O) groups excluding carboxylic acids is 2. The highest BCUT2D eigenvalue weighted by Crippen LogP contribution is 2.15. The second-order valence-corrected chi connectivity index (χ2v) is 7.14. The molecule has 1 amide bonds. The maximum Gasteiger partial charge on any atom is 0.408 e. The zero-order valence-electron chi connectivity index (χ0n) is 13.6. The molecule has 0 fully saturated rings. The number of hydrogen-bond donors (Lipinski definition) is 1. The predicted molar refractivity (Wildman–Crippen MR) is 92.6 cm³/mol. The lowest BCUT2D eigenvalue weighted by atomic mass is 10.1. The van der Waals surface area contributed by atoms with Crippen molar-refractivity contribution in [2.45, 2.75) is 45.8 Å². The SMILES string of the molecule is CCOC(=O)C(Cc1cc(I)ccc1F)NC(=O)OC(C)(C)C. The van der Waals surface area contributed by atoms with Crippen LogP contribution in [0.15, 0.2) is 18.2 Å². The van der Waals surface area contributed by atoms with Gasteiger partial charge in [-0.1, -0.05) is 0 Å². The summed E-state index contributed by atoms with van der Waals surface area (Å²) in [5.41, 5.74) is -0.373. The third-order valence-corrected chi connectivity index (χ3v) is 3.36. The zero-order chi connectivity index (χ0) is 17.6. The number of alkyl carbamates (subject to hydrolysis) is 1. The van der Waals surface area contributed by atoms with E-state index in [0.717, 1.165) is 3.57 Å². The molecule has 128 valence electrons. The maximum absolute atomic E-state index is 13.9. The van der Waals surface area contributed by atoms with Crippen molar-refractivity contribution >= 4 is 34.7 Å². The van der Waals surface area contributed by atoms with Gasteiger partial charge in [0.05, 0.1) is 6.61 Å². The van der Waals surface area contributed by atoms with Crippen molar-refractivity contribution in [3.63, 3.8) is 0 Å². The van der Waals surface area contributed by atoms with Crippen LogP contribution in [-0.2, 0) is 20.7 Å². The lowest BCUT2D eigenvalue weighted by Gasteiger charge is -2.23. The molecule has 0 spiro atoms. The van der Waals surface area contributed by atoms with Gasteiger partial charge in [-0.05, 0) is 74.0 Å². The first kappa shape index (κ1) is 19.7. The number of hydrogen-bond acceptors (Lipinski definition) is 4. The van der Waals surface area contributed by atoms with E-state index in [0.29, 0.717) is 5.56 Å². The highest BCUT2D eigenvalue weighted by atomic mass is 127. The number of nitrogens with one attached hydrogen (secondary N) is 1. The summed E-state index contributed by atoms with van der Waals surface area (Å²) in [6.07, 6.45) is -0.762. The standard InChI is InChI=1S/C16H21FINO4/c1-5-22-14(20)13(19-15(21)23-16(2,3)4)9-10-8-11(18)6-7-12(10)17/h6-8,13H,5,9H2,1-4H3,(H,19,21). The minimum atomic E-state index is -1.02. The van der Waals surface area contributed by atoms with Gasteiger partial charge >= 0.3 is 12.1 Å². The fourth-order valence-electron chi connectivity index (χ4n) is 1.81. The van der Waals surface area contributed by atoms with Crippen molar-refractivity contribution in [2.75, 3.05) is 6.61 Å². The van der Waals surface area contributed by atoms with Crippen LogP contribution in [0.5, 0.6) is 0 Å². The Morgan fingerprint density at radius 3 is 2.57 bits per heavy atom. The van der Waals surface area contributed by atoms with Gasteiger partial charge in [-0.2, -0.15) is 0 Å². The molecule has 0 aromatic heterocycles. The van der Waals surface area contributed by atoms with E-state index in [1.54, 1.807) is 39.8 Å². The van der Waals surface area contributed by atoms with Crippen LogP contribution in [0.1, 0.15) is 33.3 Å². The Labute approximate surface area is 149 Å². The molecule has 1 atom stereocenters. The number of amides is 1. The molecule has 1 aromatic carbocycles. The highest BCUT2D eigenvalue weighted by Gasteiger charge is 2.26. The van der Waals surface area contributed by atoms with Crippen molar-refractivity contribution in [1.82, 2.24) is 5.32 Å². The Balaban J connectivity index is 2.90. The van der Waals surface area contributed by atoms with Crippen molar-refractivity contribution in [3.8, 4) is 0 Å². The van der Waals surface area contributed by atoms with Gasteiger partial charge in [0.25, 0.3) is 0 Å². The van der Waals surface area contributed by atoms with E-state index in [9.17, 15) is 14.0 Å². The average molecular weight is 437 g/mol. The summed E-state index contributed by atoms with van der Waals surface area (Å²) >= 11 is 2.05. The smallest absolute Gasteiger partial charge is 0.408 e.